The molecule has 7 nitrogen and oxygen atoms in total. The standard InChI is InChI=1S/C23H20Cl2N2O5S2/c1-30-19-7-13(8-20-21(28)27(23(33)34-20)12-17-3-2-6-31-17)4-5-18(19)32-22(29)26-16-10-14(24)9-15(25)11-16/h4-5,7-11,17H,2-3,6,12H2,1H3,(H,26,29)/b20-8+/t17-/m1/s1. The van der Waals surface area contributed by atoms with E-state index >= 15 is 0 Å². The zero-order valence-electron chi connectivity index (χ0n) is 18.0. The predicted molar refractivity (Wildman–Crippen MR) is 138 cm³/mol. The first-order chi connectivity index (χ1) is 16.3. The molecule has 2 heterocycles. The Labute approximate surface area is 216 Å². The third-order valence-corrected chi connectivity index (χ3v) is 6.90. The van der Waals surface area contributed by atoms with Gasteiger partial charge in [-0.3, -0.25) is 15.0 Å². The maximum absolute atomic E-state index is 12.9. The third kappa shape index (κ3) is 6.03. The molecule has 0 aromatic heterocycles. The predicted octanol–water partition coefficient (Wildman–Crippen LogP) is 5.99. The van der Waals surface area contributed by atoms with Crippen molar-refractivity contribution < 1.29 is 23.8 Å². The van der Waals surface area contributed by atoms with Gasteiger partial charge in [0.1, 0.15) is 4.32 Å². The van der Waals surface area contributed by atoms with Crippen molar-refractivity contribution in [1.29, 1.82) is 0 Å². The van der Waals surface area contributed by atoms with Gasteiger partial charge in [0.05, 0.1) is 24.7 Å². The number of thiocarbonyl (C=S) groups is 1. The second-order valence-electron chi connectivity index (χ2n) is 7.51. The van der Waals surface area contributed by atoms with Gasteiger partial charge in [-0.15, -0.1) is 0 Å². The van der Waals surface area contributed by atoms with Gasteiger partial charge in [-0.25, -0.2) is 4.79 Å². The fraction of sp³-hybridized carbons (Fsp3) is 0.261. The van der Waals surface area contributed by atoms with Crippen molar-refractivity contribution in [3.8, 4) is 11.5 Å². The number of ether oxygens (including phenoxy) is 3. The van der Waals surface area contributed by atoms with E-state index in [0.29, 0.717) is 49.4 Å². The van der Waals surface area contributed by atoms with Crippen LogP contribution < -0.4 is 14.8 Å². The van der Waals surface area contributed by atoms with Crippen LogP contribution in [0.1, 0.15) is 18.4 Å². The largest absolute Gasteiger partial charge is 0.493 e. The van der Waals surface area contributed by atoms with E-state index in [1.54, 1.807) is 47.4 Å². The number of halogens is 2. The van der Waals surface area contributed by atoms with E-state index < -0.39 is 6.09 Å². The summed E-state index contributed by atoms with van der Waals surface area (Å²) in [5.41, 5.74) is 1.09. The lowest BCUT2D eigenvalue weighted by Gasteiger charge is -2.18. The van der Waals surface area contributed by atoms with Gasteiger partial charge >= 0.3 is 6.09 Å². The van der Waals surface area contributed by atoms with Gasteiger partial charge < -0.3 is 14.2 Å². The summed E-state index contributed by atoms with van der Waals surface area (Å²) in [6.07, 6.45) is 2.93. The number of anilines is 1. The first kappa shape index (κ1) is 24.8. The summed E-state index contributed by atoms with van der Waals surface area (Å²) in [5, 5.41) is 3.33. The number of methoxy groups -OCH3 is 1. The van der Waals surface area contributed by atoms with Gasteiger partial charge in [-0.1, -0.05) is 53.2 Å². The van der Waals surface area contributed by atoms with Crippen molar-refractivity contribution in [1.82, 2.24) is 4.90 Å². The molecule has 178 valence electrons. The van der Waals surface area contributed by atoms with Crippen molar-refractivity contribution in [3.05, 3.63) is 56.9 Å². The van der Waals surface area contributed by atoms with E-state index in [9.17, 15) is 9.59 Å². The third-order valence-electron chi connectivity index (χ3n) is 5.08. The summed E-state index contributed by atoms with van der Waals surface area (Å²) in [6.45, 7) is 1.18. The minimum absolute atomic E-state index is 0.0208. The van der Waals surface area contributed by atoms with Gasteiger partial charge in [0.25, 0.3) is 5.91 Å². The van der Waals surface area contributed by atoms with Crippen molar-refractivity contribution in [2.75, 3.05) is 25.6 Å². The Kier molecular flexibility index (Phi) is 8.00. The molecule has 0 aliphatic carbocycles. The fourth-order valence-electron chi connectivity index (χ4n) is 3.53. The molecule has 2 aromatic carbocycles. The molecule has 0 bridgehead atoms. The van der Waals surface area contributed by atoms with Crippen LogP contribution in [0.15, 0.2) is 41.3 Å². The monoisotopic (exact) mass is 538 g/mol. The number of benzene rings is 2. The number of carbonyl (C=O) groups is 2. The lowest BCUT2D eigenvalue weighted by Crippen LogP contribution is -2.35. The number of amides is 2. The molecule has 11 heteroatoms. The first-order valence-electron chi connectivity index (χ1n) is 10.3. The second-order valence-corrected chi connectivity index (χ2v) is 10.1. The van der Waals surface area contributed by atoms with E-state index in [4.69, 9.17) is 49.6 Å². The molecule has 0 spiro atoms. The highest BCUT2D eigenvalue weighted by Gasteiger charge is 2.34. The van der Waals surface area contributed by atoms with Gasteiger partial charge in [-0.05, 0) is 54.8 Å². The van der Waals surface area contributed by atoms with E-state index in [2.05, 4.69) is 5.32 Å². The average molecular weight is 539 g/mol. The number of hydrogen-bond donors (Lipinski definition) is 1. The summed E-state index contributed by atoms with van der Waals surface area (Å²) < 4.78 is 16.9. The number of rotatable bonds is 6. The number of nitrogens with zero attached hydrogens (tertiary/aromatic N) is 1. The highest BCUT2D eigenvalue weighted by Crippen LogP contribution is 2.35. The summed E-state index contributed by atoms with van der Waals surface area (Å²) in [7, 11) is 1.46. The Morgan fingerprint density at radius 3 is 2.71 bits per heavy atom. The van der Waals surface area contributed by atoms with Gasteiger partial charge in [-0.2, -0.15) is 0 Å². The van der Waals surface area contributed by atoms with Crippen molar-refractivity contribution >= 4 is 75.3 Å². The van der Waals surface area contributed by atoms with Crippen molar-refractivity contribution in [3.63, 3.8) is 0 Å². The average Bonchev–Trinajstić information content (AvgIpc) is 3.38. The Morgan fingerprint density at radius 2 is 2.03 bits per heavy atom. The van der Waals surface area contributed by atoms with E-state index in [-0.39, 0.29) is 17.8 Å². The van der Waals surface area contributed by atoms with Crippen LogP contribution in [0.5, 0.6) is 11.5 Å². The van der Waals surface area contributed by atoms with Gasteiger partial charge in [0, 0.05) is 22.3 Å². The van der Waals surface area contributed by atoms with Crippen LogP contribution in [0.25, 0.3) is 6.08 Å². The minimum Gasteiger partial charge on any atom is -0.493 e. The van der Waals surface area contributed by atoms with E-state index in [1.807, 2.05) is 0 Å². The lowest BCUT2D eigenvalue weighted by atomic mass is 10.1. The number of thioether (sulfide) groups is 1. The van der Waals surface area contributed by atoms with Gasteiger partial charge in [0.15, 0.2) is 11.5 Å². The van der Waals surface area contributed by atoms with E-state index in [1.165, 1.54) is 18.9 Å². The first-order valence-corrected chi connectivity index (χ1v) is 12.3. The van der Waals surface area contributed by atoms with Crippen LogP contribution in [0.3, 0.4) is 0 Å². The smallest absolute Gasteiger partial charge is 0.417 e. The Morgan fingerprint density at radius 1 is 1.26 bits per heavy atom. The summed E-state index contributed by atoms with van der Waals surface area (Å²) in [5.74, 6) is 0.378. The second kappa shape index (κ2) is 11.0. The Hall–Kier alpha value is -2.30. The lowest BCUT2D eigenvalue weighted by molar-refractivity contribution is -0.123. The molecule has 0 radical (unpaired) electrons. The molecule has 4 rings (SSSR count). The summed E-state index contributed by atoms with van der Waals surface area (Å²) in [6, 6.07) is 9.62. The summed E-state index contributed by atoms with van der Waals surface area (Å²) >= 11 is 18.6. The van der Waals surface area contributed by atoms with Crippen molar-refractivity contribution in [2.45, 2.75) is 18.9 Å². The van der Waals surface area contributed by atoms with Crippen LogP contribution in [0.4, 0.5) is 10.5 Å². The zero-order valence-corrected chi connectivity index (χ0v) is 21.2. The SMILES string of the molecule is COc1cc(/C=C2/SC(=S)N(C[C@H]3CCCO3)C2=O)ccc1OC(=O)Nc1cc(Cl)cc(Cl)c1. The van der Waals surface area contributed by atoms with Crippen LogP contribution in [-0.4, -0.2) is 47.6 Å². The highest BCUT2D eigenvalue weighted by atomic mass is 35.5. The minimum atomic E-state index is -0.737. The van der Waals surface area contributed by atoms with E-state index in [0.717, 1.165) is 12.8 Å². The molecule has 1 N–H and O–H groups in total. The molecule has 1 atom stereocenters. The fourth-order valence-corrected chi connectivity index (χ4v) is 5.33. The number of nitrogens with one attached hydrogen (secondary N) is 1. The normalized spacial score (nSPS) is 19.1. The van der Waals surface area contributed by atoms with Crippen LogP contribution in [0.2, 0.25) is 10.0 Å². The molecular formula is C23H20Cl2N2O5S2. The quantitative estimate of drug-likeness (QED) is 0.357. The Balaban J connectivity index is 1.45. The number of hydrogen-bond acceptors (Lipinski definition) is 7. The molecule has 2 aliphatic rings. The van der Waals surface area contributed by atoms with Crippen LogP contribution in [0, 0.1) is 0 Å². The molecule has 2 saturated heterocycles. The zero-order chi connectivity index (χ0) is 24.2. The topological polar surface area (TPSA) is 77.1 Å². The molecule has 0 saturated carbocycles. The van der Waals surface area contributed by atoms with Crippen LogP contribution >= 0.6 is 47.2 Å². The molecule has 34 heavy (non-hydrogen) atoms. The molecule has 2 amide bonds. The molecule has 2 fully saturated rings. The molecule has 2 aliphatic heterocycles. The molecular weight excluding hydrogens is 519 g/mol. The molecule has 0 unspecified atom stereocenters. The molecule has 2 aromatic rings. The Bertz CT molecular complexity index is 1150. The van der Waals surface area contributed by atoms with Gasteiger partial charge in [0.2, 0.25) is 0 Å². The highest BCUT2D eigenvalue weighted by molar-refractivity contribution is 8.26. The number of carbonyl (C=O) groups excluding carboxylic acids is 2. The maximum atomic E-state index is 12.9. The van der Waals surface area contributed by atoms with Crippen LogP contribution in [-0.2, 0) is 9.53 Å². The summed E-state index contributed by atoms with van der Waals surface area (Å²) in [4.78, 5) is 27.3. The van der Waals surface area contributed by atoms with Crippen molar-refractivity contribution in [2.24, 2.45) is 0 Å². The maximum Gasteiger partial charge on any atom is 0.417 e.